The van der Waals surface area contributed by atoms with Gasteiger partial charge in [0.05, 0.1) is 11.9 Å². The van der Waals surface area contributed by atoms with Crippen LogP contribution in [-0.4, -0.2) is 23.3 Å². The second-order valence-electron chi connectivity index (χ2n) is 3.66. The minimum Gasteiger partial charge on any atom is -0.397 e. The van der Waals surface area contributed by atoms with Crippen molar-refractivity contribution in [2.75, 3.05) is 12.3 Å². The lowest BCUT2D eigenvalue weighted by molar-refractivity contribution is -0.118. The molecule has 0 bridgehead atoms. The molecular formula is C11H16N4O2. The molecule has 0 radical (unpaired) electrons. The zero-order valence-corrected chi connectivity index (χ0v) is 9.48. The zero-order valence-electron chi connectivity index (χ0n) is 9.48. The number of anilines is 1. The van der Waals surface area contributed by atoms with E-state index in [2.05, 4.69) is 10.3 Å². The van der Waals surface area contributed by atoms with E-state index in [1.54, 1.807) is 12.1 Å². The van der Waals surface area contributed by atoms with Gasteiger partial charge in [-0.05, 0) is 25.0 Å². The SMILES string of the molecule is NC(=O)CCCCNC(=O)c1ccc(N)cn1. The molecule has 0 atom stereocenters. The highest BCUT2D eigenvalue weighted by atomic mass is 16.2. The summed E-state index contributed by atoms with van der Waals surface area (Å²) >= 11 is 0. The highest BCUT2D eigenvalue weighted by molar-refractivity contribution is 5.92. The highest BCUT2D eigenvalue weighted by Crippen LogP contribution is 2.01. The number of aromatic nitrogens is 1. The Morgan fingerprint density at radius 3 is 2.65 bits per heavy atom. The quantitative estimate of drug-likeness (QED) is 0.606. The number of carbonyl (C=O) groups is 2. The fourth-order valence-electron chi connectivity index (χ4n) is 1.26. The largest absolute Gasteiger partial charge is 0.397 e. The molecule has 1 heterocycles. The summed E-state index contributed by atoms with van der Waals surface area (Å²) in [5.74, 6) is -0.569. The second-order valence-corrected chi connectivity index (χ2v) is 3.66. The highest BCUT2D eigenvalue weighted by Gasteiger charge is 2.05. The van der Waals surface area contributed by atoms with Gasteiger partial charge in [-0.2, -0.15) is 0 Å². The van der Waals surface area contributed by atoms with Crippen molar-refractivity contribution in [3.05, 3.63) is 24.0 Å². The summed E-state index contributed by atoms with van der Waals surface area (Å²) < 4.78 is 0. The van der Waals surface area contributed by atoms with E-state index >= 15 is 0 Å². The Labute approximate surface area is 99.4 Å². The van der Waals surface area contributed by atoms with E-state index in [9.17, 15) is 9.59 Å². The van der Waals surface area contributed by atoms with Crippen molar-refractivity contribution < 1.29 is 9.59 Å². The summed E-state index contributed by atoms with van der Waals surface area (Å²) in [4.78, 5) is 25.9. The maximum Gasteiger partial charge on any atom is 0.269 e. The standard InChI is InChI=1S/C11H16N4O2/c12-8-4-5-9(15-7-8)11(17)14-6-2-1-3-10(13)16/h4-5,7H,1-3,6,12H2,(H2,13,16)(H,14,17). The lowest BCUT2D eigenvalue weighted by Crippen LogP contribution is -2.25. The Kier molecular flexibility index (Phi) is 4.93. The molecule has 0 fully saturated rings. The van der Waals surface area contributed by atoms with E-state index < -0.39 is 0 Å². The van der Waals surface area contributed by atoms with Crippen LogP contribution in [0.25, 0.3) is 0 Å². The van der Waals surface area contributed by atoms with Crippen molar-refractivity contribution in [1.82, 2.24) is 10.3 Å². The molecule has 6 nitrogen and oxygen atoms in total. The van der Waals surface area contributed by atoms with Crippen LogP contribution < -0.4 is 16.8 Å². The summed E-state index contributed by atoms with van der Waals surface area (Å²) in [6.07, 6.45) is 3.16. The van der Waals surface area contributed by atoms with Gasteiger partial charge in [0.25, 0.3) is 5.91 Å². The Morgan fingerprint density at radius 2 is 2.06 bits per heavy atom. The summed E-state index contributed by atoms with van der Waals surface area (Å²) in [6, 6.07) is 3.18. The third kappa shape index (κ3) is 4.96. The van der Waals surface area contributed by atoms with E-state index in [-0.39, 0.29) is 11.8 Å². The lowest BCUT2D eigenvalue weighted by atomic mass is 10.2. The van der Waals surface area contributed by atoms with Gasteiger partial charge in [0, 0.05) is 13.0 Å². The summed E-state index contributed by atoms with van der Waals surface area (Å²) in [7, 11) is 0. The van der Waals surface area contributed by atoms with Gasteiger partial charge < -0.3 is 16.8 Å². The number of nitrogens with zero attached hydrogens (tertiary/aromatic N) is 1. The molecule has 1 aromatic rings. The van der Waals surface area contributed by atoms with Crippen molar-refractivity contribution >= 4 is 17.5 Å². The first-order valence-corrected chi connectivity index (χ1v) is 5.37. The second kappa shape index (κ2) is 6.47. The van der Waals surface area contributed by atoms with Crippen LogP contribution in [0.1, 0.15) is 29.8 Å². The lowest BCUT2D eigenvalue weighted by Gasteiger charge is -2.04. The Morgan fingerprint density at radius 1 is 1.29 bits per heavy atom. The van der Waals surface area contributed by atoms with Crippen LogP contribution in [0.3, 0.4) is 0 Å². The average molecular weight is 236 g/mol. The van der Waals surface area contributed by atoms with Crippen LogP contribution in [0.5, 0.6) is 0 Å². The van der Waals surface area contributed by atoms with Gasteiger partial charge in [-0.1, -0.05) is 0 Å². The number of primary amides is 1. The summed E-state index contributed by atoms with van der Waals surface area (Å²) in [5.41, 5.74) is 11.3. The maximum atomic E-state index is 11.5. The zero-order chi connectivity index (χ0) is 12.7. The molecule has 0 saturated carbocycles. The predicted molar refractivity (Wildman–Crippen MR) is 64.0 cm³/mol. The molecule has 5 N–H and O–H groups in total. The normalized spacial score (nSPS) is 9.88. The van der Waals surface area contributed by atoms with Crippen LogP contribution in [0.2, 0.25) is 0 Å². The van der Waals surface area contributed by atoms with Gasteiger partial charge >= 0.3 is 0 Å². The van der Waals surface area contributed by atoms with Crippen molar-refractivity contribution in [2.24, 2.45) is 5.73 Å². The number of rotatable bonds is 6. The van der Waals surface area contributed by atoms with Gasteiger partial charge in [0.1, 0.15) is 5.69 Å². The number of nitrogen functional groups attached to an aromatic ring is 1. The van der Waals surface area contributed by atoms with Gasteiger partial charge in [-0.3, -0.25) is 9.59 Å². The van der Waals surface area contributed by atoms with Gasteiger partial charge in [0.2, 0.25) is 5.91 Å². The average Bonchev–Trinajstić information content (AvgIpc) is 2.29. The van der Waals surface area contributed by atoms with Crippen LogP contribution >= 0.6 is 0 Å². The number of unbranched alkanes of at least 4 members (excludes halogenated alkanes) is 1. The molecule has 0 aliphatic heterocycles. The van der Waals surface area contributed by atoms with Crippen LogP contribution in [0, 0.1) is 0 Å². The predicted octanol–water partition coefficient (Wildman–Crippen LogP) is 0.0492. The fraction of sp³-hybridized carbons (Fsp3) is 0.364. The molecule has 6 heteroatoms. The van der Waals surface area contributed by atoms with Crippen LogP contribution in [-0.2, 0) is 4.79 Å². The van der Waals surface area contributed by atoms with Crippen molar-refractivity contribution in [2.45, 2.75) is 19.3 Å². The number of pyridine rings is 1. The summed E-state index contributed by atoms with van der Waals surface area (Å²) in [5, 5.41) is 2.70. The van der Waals surface area contributed by atoms with Crippen molar-refractivity contribution in [1.29, 1.82) is 0 Å². The molecule has 1 rings (SSSR count). The third-order valence-electron chi connectivity index (χ3n) is 2.15. The van der Waals surface area contributed by atoms with Crippen LogP contribution in [0.15, 0.2) is 18.3 Å². The molecule has 1 aromatic heterocycles. The topological polar surface area (TPSA) is 111 Å². The first-order chi connectivity index (χ1) is 8.09. The van der Waals surface area contributed by atoms with E-state index in [0.717, 1.165) is 0 Å². The molecule has 0 saturated heterocycles. The van der Waals surface area contributed by atoms with E-state index in [1.165, 1.54) is 6.20 Å². The maximum absolute atomic E-state index is 11.5. The number of nitrogens with two attached hydrogens (primary N) is 2. The van der Waals surface area contributed by atoms with Gasteiger partial charge in [0.15, 0.2) is 0 Å². The Hall–Kier alpha value is -2.11. The molecule has 0 aromatic carbocycles. The minimum absolute atomic E-state index is 0.246. The molecule has 17 heavy (non-hydrogen) atoms. The number of hydrogen-bond acceptors (Lipinski definition) is 4. The number of amides is 2. The fourth-order valence-corrected chi connectivity index (χ4v) is 1.26. The number of nitrogens with one attached hydrogen (secondary N) is 1. The molecule has 0 unspecified atom stereocenters. The van der Waals surface area contributed by atoms with Gasteiger partial charge in [-0.25, -0.2) is 4.98 Å². The Bertz CT molecular complexity index is 389. The molecule has 0 aliphatic rings. The molecule has 2 amide bonds. The monoisotopic (exact) mass is 236 g/mol. The number of hydrogen-bond donors (Lipinski definition) is 3. The van der Waals surface area contributed by atoms with Crippen LogP contribution in [0.4, 0.5) is 5.69 Å². The molecule has 0 aliphatic carbocycles. The molecule has 0 spiro atoms. The molecular weight excluding hydrogens is 220 g/mol. The smallest absolute Gasteiger partial charge is 0.269 e. The van der Waals surface area contributed by atoms with Crippen molar-refractivity contribution in [3.8, 4) is 0 Å². The first kappa shape index (κ1) is 13.0. The van der Waals surface area contributed by atoms with Crippen molar-refractivity contribution in [3.63, 3.8) is 0 Å². The Balaban J connectivity index is 2.25. The minimum atomic E-state index is -0.323. The first-order valence-electron chi connectivity index (χ1n) is 5.37. The number of carbonyl (C=O) groups excluding carboxylic acids is 2. The summed E-state index contributed by atoms with van der Waals surface area (Å²) in [6.45, 7) is 0.498. The third-order valence-corrected chi connectivity index (χ3v) is 2.15. The van der Waals surface area contributed by atoms with E-state index in [0.29, 0.717) is 37.2 Å². The van der Waals surface area contributed by atoms with Gasteiger partial charge in [-0.15, -0.1) is 0 Å². The van der Waals surface area contributed by atoms with E-state index in [4.69, 9.17) is 11.5 Å². The van der Waals surface area contributed by atoms with E-state index in [1.807, 2.05) is 0 Å². The molecule has 92 valence electrons.